The summed E-state index contributed by atoms with van der Waals surface area (Å²) < 4.78 is 1.19. The molecule has 3 heterocycles. The first-order valence-corrected chi connectivity index (χ1v) is 7.38. The maximum absolute atomic E-state index is 5.60. The summed E-state index contributed by atoms with van der Waals surface area (Å²) in [5.41, 5.74) is 7.91. The molecule has 0 spiro atoms. The zero-order chi connectivity index (χ0) is 12.5. The summed E-state index contributed by atoms with van der Waals surface area (Å²) >= 11 is 5.29. The fraction of sp³-hybridized carbons (Fsp3) is 0.333. The Morgan fingerprint density at radius 2 is 2.33 bits per heavy atom. The minimum atomic E-state index is 0.379. The summed E-state index contributed by atoms with van der Waals surface area (Å²) in [5, 5.41) is 0. The van der Waals surface area contributed by atoms with Crippen LogP contribution in [0.1, 0.15) is 16.1 Å². The van der Waals surface area contributed by atoms with E-state index in [0.717, 1.165) is 31.7 Å². The lowest BCUT2D eigenvalue weighted by Gasteiger charge is -2.27. The van der Waals surface area contributed by atoms with Crippen LogP contribution in [0.3, 0.4) is 0 Å². The second-order valence-electron chi connectivity index (χ2n) is 4.37. The van der Waals surface area contributed by atoms with E-state index in [1.165, 1.54) is 14.2 Å². The number of nitrogens with zero attached hydrogens (tertiary/aromatic N) is 3. The van der Waals surface area contributed by atoms with Gasteiger partial charge in [0, 0.05) is 42.7 Å². The fourth-order valence-corrected chi connectivity index (χ4v) is 3.71. The van der Waals surface area contributed by atoms with E-state index in [-0.39, 0.29) is 0 Å². The van der Waals surface area contributed by atoms with Gasteiger partial charge in [0.15, 0.2) is 0 Å². The maximum atomic E-state index is 5.60. The molecule has 94 valence electrons. The number of fused-ring (bicyclic) bond motifs is 1. The Labute approximate surface area is 118 Å². The molecule has 18 heavy (non-hydrogen) atoms. The normalized spacial score (nSPS) is 15.6. The molecule has 0 aromatic carbocycles. The number of nitrogen functional groups attached to an aromatic ring is 1. The van der Waals surface area contributed by atoms with Gasteiger partial charge in [0.25, 0.3) is 0 Å². The van der Waals surface area contributed by atoms with Gasteiger partial charge in [-0.3, -0.25) is 4.90 Å². The van der Waals surface area contributed by atoms with E-state index in [0.29, 0.717) is 5.95 Å². The average Bonchev–Trinajstić information content (AvgIpc) is 2.75. The van der Waals surface area contributed by atoms with Crippen LogP contribution in [0.5, 0.6) is 0 Å². The van der Waals surface area contributed by atoms with Gasteiger partial charge in [-0.15, -0.1) is 11.3 Å². The summed E-state index contributed by atoms with van der Waals surface area (Å²) in [6.07, 6.45) is 2.81. The predicted molar refractivity (Wildman–Crippen MR) is 76.3 cm³/mol. The van der Waals surface area contributed by atoms with E-state index in [2.05, 4.69) is 42.9 Å². The number of rotatable bonds is 2. The Morgan fingerprint density at radius 1 is 1.44 bits per heavy atom. The van der Waals surface area contributed by atoms with Crippen molar-refractivity contribution in [2.45, 2.75) is 19.5 Å². The molecule has 0 saturated heterocycles. The quantitative estimate of drug-likeness (QED) is 0.921. The van der Waals surface area contributed by atoms with Crippen LogP contribution >= 0.6 is 27.3 Å². The zero-order valence-electron chi connectivity index (χ0n) is 9.77. The Bertz CT molecular complexity index is 569. The first-order valence-electron chi connectivity index (χ1n) is 5.77. The smallest absolute Gasteiger partial charge is 0.220 e. The van der Waals surface area contributed by atoms with Gasteiger partial charge in [0.1, 0.15) is 0 Å². The minimum Gasteiger partial charge on any atom is -0.368 e. The highest BCUT2D eigenvalue weighted by Gasteiger charge is 2.18. The van der Waals surface area contributed by atoms with Crippen molar-refractivity contribution >= 4 is 33.2 Å². The number of anilines is 1. The molecule has 4 nitrogen and oxygen atoms in total. The van der Waals surface area contributed by atoms with Crippen molar-refractivity contribution in [3.63, 3.8) is 0 Å². The molecule has 0 atom stereocenters. The van der Waals surface area contributed by atoms with Crippen molar-refractivity contribution in [3.8, 4) is 0 Å². The fourth-order valence-electron chi connectivity index (χ4n) is 2.18. The highest BCUT2D eigenvalue weighted by Crippen LogP contribution is 2.25. The molecule has 2 aromatic rings. The largest absolute Gasteiger partial charge is 0.368 e. The van der Waals surface area contributed by atoms with Crippen molar-refractivity contribution in [1.29, 1.82) is 0 Å². The number of thiophene rings is 1. The molecule has 0 saturated carbocycles. The van der Waals surface area contributed by atoms with E-state index in [1.807, 2.05) is 6.20 Å². The Morgan fingerprint density at radius 3 is 3.11 bits per heavy atom. The van der Waals surface area contributed by atoms with Crippen molar-refractivity contribution in [2.24, 2.45) is 0 Å². The number of hydrogen-bond donors (Lipinski definition) is 1. The molecule has 0 radical (unpaired) electrons. The van der Waals surface area contributed by atoms with Gasteiger partial charge in [-0.2, -0.15) is 0 Å². The molecule has 0 bridgehead atoms. The average molecular weight is 325 g/mol. The number of hydrogen-bond acceptors (Lipinski definition) is 5. The third-order valence-corrected chi connectivity index (χ3v) is 4.65. The van der Waals surface area contributed by atoms with Crippen molar-refractivity contribution in [2.75, 3.05) is 12.3 Å². The highest BCUT2D eigenvalue weighted by atomic mass is 79.9. The molecule has 0 fully saturated rings. The second kappa shape index (κ2) is 4.95. The molecular formula is C12H13BrN4S. The topological polar surface area (TPSA) is 55.0 Å². The van der Waals surface area contributed by atoms with Crippen LogP contribution in [-0.4, -0.2) is 21.4 Å². The third kappa shape index (κ3) is 2.55. The summed E-state index contributed by atoms with van der Waals surface area (Å²) in [7, 11) is 0. The Hall–Kier alpha value is -0.980. The summed E-state index contributed by atoms with van der Waals surface area (Å²) in [5.74, 6) is 0.379. The van der Waals surface area contributed by atoms with Gasteiger partial charge in [-0.05, 0) is 28.1 Å². The number of nitrogens with two attached hydrogens (primary N) is 1. The van der Waals surface area contributed by atoms with Crippen molar-refractivity contribution in [3.05, 3.63) is 38.3 Å². The van der Waals surface area contributed by atoms with Crippen LogP contribution in [0.4, 0.5) is 5.95 Å². The van der Waals surface area contributed by atoms with Gasteiger partial charge in [-0.25, -0.2) is 9.97 Å². The van der Waals surface area contributed by atoms with Crippen LogP contribution in [0.15, 0.2) is 22.1 Å². The molecule has 0 aliphatic carbocycles. The van der Waals surface area contributed by atoms with Gasteiger partial charge in [0.2, 0.25) is 5.95 Å². The highest BCUT2D eigenvalue weighted by molar-refractivity contribution is 9.11. The van der Waals surface area contributed by atoms with E-state index in [1.54, 1.807) is 11.3 Å². The van der Waals surface area contributed by atoms with Crippen molar-refractivity contribution < 1.29 is 0 Å². The molecule has 2 N–H and O–H groups in total. The summed E-state index contributed by atoms with van der Waals surface area (Å²) in [6.45, 7) is 2.92. The molecular weight excluding hydrogens is 312 g/mol. The van der Waals surface area contributed by atoms with E-state index < -0.39 is 0 Å². The lowest BCUT2D eigenvalue weighted by Crippen LogP contribution is -2.30. The van der Waals surface area contributed by atoms with Gasteiger partial charge >= 0.3 is 0 Å². The lowest BCUT2D eigenvalue weighted by molar-refractivity contribution is 0.245. The summed E-state index contributed by atoms with van der Waals surface area (Å²) in [6, 6.07) is 4.27. The molecule has 0 unspecified atom stereocenters. The monoisotopic (exact) mass is 324 g/mol. The van der Waals surface area contributed by atoms with E-state index in [4.69, 9.17) is 5.73 Å². The molecule has 6 heteroatoms. The molecule has 1 aliphatic rings. The zero-order valence-corrected chi connectivity index (χ0v) is 12.2. The summed E-state index contributed by atoms with van der Waals surface area (Å²) in [4.78, 5) is 12.2. The predicted octanol–water partition coefficient (Wildman–Crippen LogP) is 2.44. The first-order chi connectivity index (χ1) is 8.70. The van der Waals surface area contributed by atoms with E-state index >= 15 is 0 Å². The van der Waals surface area contributed by atoms with Crippen LogP contribution in [-0.2, 0) is 19.5 Å². The van der Waals surface area contributed by atoms with Gasteiger partial charge in [-0.1, -0.05) is 0 Å². The van der Waals surface area contributed by atoms with E-state index in [9.17, 15) is 0 Å². The van der Waals surface area contributed by atoms with Gasteiger partial charge in [0.05, 0.1) is 9.48 Å². The van der Waals surface area contributed by atoms with Crippen LogP contribution < -0.4 is 5.73 Å². The maximum Gasteiger partial charge on any atom is 0.220 e. The molecule has 2 aromatic heterocycles. The lowest BCUT2D eigenvalue weighted by atomic mass is 10.1. The third-order valence-electron chi connectivity index (χ3n) is 3.04. The number of halogens is 1. The van der Waals surface area contributed by atoms with Gasteiger partial charge < -0.3 is 5.73 Å². The Balaban J connectivity index is 1.73. The Kier molecular flexibility index (Phi) is 3.32. The van der Waals surface area contributed by atoms with Crippen LogP contribution in [0, 0.1) is 0 Å². The standard InChI is InChI=1S/C12H13BrN4S/c13-11-2-1-9(18-11)7-17-4-3-10-8(6-17)5-15-12(14)16-10/h1-2,5H,3-4,6-7H2,(H2,14,15,16). The number of aromatic nitrogens is 2. The molecule has 1 aliphatic heterocycles. The molecule has 0 amide bonds. The first kappa shape index (κ1) is 12.1. The van der Waals surface area contributed by atoms with Crippen LogP contribution in [0.2, 0.25) is 0 Å². The van der Waals surface area contributed by atoms with Crippen molar-refractivity contribution in [1.82, 2.24) is 14.9 Å². The SMILES string of the molecule is Nc1ncc2c(n1)CCN(Cc1ccc(Br)s1)C2. The van der Waals surface area contributed by atoms with Crippen LogP contribution in [0.25, 0.3) is 0 Å². The second-order valence-corrected chi connectivity index (χ2v) is 6.91. The minimum absolute atomic E-state index is 0.379. The molecule has 3 rings (SSSR count).